The quantitative estimate of drug-likeness (QED) is 0.559. The van der Waals surface area contributed by atoms with Gasteiger partial charge in [0.25, 0.3) is 0 Å². The summed E-state index contributed by atoms with van der Waals surface area (Å²) in [6, 6.07) is 8.10. The highest BCUT2D eigenvalue weighted by Gasteiger charge is 2.60. The van der Waals surface area contributed by atoms with Crippen LogP contribution in [0.4, 0.5) is 4.79 Å². The van der Waals surface area contributed by atoms with Gasteiger partial charge in [-0.15, -0.1) is 0 Å². The fraction of sp³-hybridized carbons (Fsp3) is 0.545. The molecule has 3 atom stereocenters. The molecule has 1 heterocycles. The predicted molar refractivity (Wildman–Crippen MR) is 110 cm³/mol. The summed E-state index contributed by atoms with van der Waals surface area (Å²) in [4.78, 5) is 51.5. The zero-order valence-corrected chi connectivity index (χ0v) is 18.8. The third-order valence-corrected chi connectivity index (χ3v) is 4.92. The number of rotatable bonds is 5. The molecular weight excluding hydrogens is 404 g/mol. The van der Waals surface area contributed by atoms with E-state index in [0.717, 1.165) is 10.5 Å². The number of benzene rings is 1. The first-order valence-electron chi connectivity index (χ1n) is 9.97. The lowest BCUT2D eigenvalue weighted by atomic mass is 9.84. The maximum absolute atomic E-state index is 13.2. The molecular formula is C22H30N2O7. The number of hydrogen-bond acceptors (Lipinski definition) is 7. The predicted octanol–water partition coefficient (Wildman–Crippen LogP) is 2.38. The minimum absolute atomic E-state index is 0.0997. The van der Waals surface area contributed by atoms with Gasteiger partial charge in [-0.25, -0.2) is 9.59 Å². The fourth-order valence-corrected chi connectivity index (χ4v) is 3.47. The van der Waals surface area contributed by atoms with Gasteiger partial charge in [-0.3, -0.25) is 14.5 Å². The number of nitrogens with one attached hydrogen (secondary N) is 1. The minimum Gasteiger partial charge on any atom is -0.467 e. The third kappa shape index (κ3) is 5.74. The van der Waals surface area contributed by atoms with Gasteiger partial charge in [0.1, 0.15) is 17.1 Å². The normalized spacial score (nSPS) is 23.1. The van der Waals surface area contributed by atoms with Gasteiger partial charge < -0.3 is 19.5 Å². The van der Waals surface area contributed by atoms with Crippen LogP contribution in [-0.2, 0) is 35.1 Å². The molecule has 1 unspecified atom stereocenters. The summed E-state index contributed by atoms with van der Waals surface area (Å²) in [6.07, 6.45) is -2.33. The van der Waals surface area contributed by atoms with Crippen molar-refractivity contribution in [3.63, 3.8) is 0 Å². The van der Waals surface area contributed by atoms with E-state index in [0.29, 0.717) is 0 Å². The first kappa shape index (κ1) is 24.2. The van der Waals surface area contributed by atoms with Crippen LogP contribution in [0, 0.1) is 5.41 Å². The van der Waals surface area contributed by atoms with Crippen LogP contribution in [0.3, 0.4) is 0 Å². The van der Waals surface area contributed by atoms with Crippen LogP contribution in [0.1, 0.15) is 46.6 Å². The second-order valence-corrected chi connectivity index (χ2v) is 8.68. The molecule has 0 aliphatic carbocycles. The Morgan fingerprint density at radius 3 is 2.29 bits per heavy atom. The van der Waals surface area contributed by atoms with Crippen LogP contribution in [0.5, 0.6) is 0 Å². The summed E-state index contributed by atoms with van der Waals surface area (Å²) in [5.41, 5.74) is -1.40. The molecule has 0 radical (unpaired) electrons. The monoisotopic (exact) mass is 434 g/mol. The number of carbonyl (C=O) groups excluding carboxylic acids is 4. The Kier molecular flexibility index (Phi) is 7.30. The van der Waals surface area contributed by atoms with Crippen LogP contribution in [0.2, 0.25) is 0 Å². The van der Waals surface area contributed by atoms with Gasteiger partial charge in [0.15, 0.2) is 6.23 Å². The Morgan fingerprint density at radius 1 is 1.16 bits per heavy atom. The summed E-state index contributed by atoms with van der Waals surface area (Å²) in [6.45, 7) is 7.95. The second-order valence-electron chi connectivity index (χ2n) is 8.68. The number of nitrogens with zero attached hydrogens (tertiary/aromatic N) is 1. The van der Waals surface area contributed by atoms with Crippen LogP contribution < -0.4 is 5.32 Å². The first-order valence-corrected chi connectivity index (χ1v) is 9.97. The molecule has 2 rings (SSSR count). The zero-order chi connectivity index (χ0) is 23.4. The maximum atomic E-state index is 13.2. The molecule has 1 saturated heterocycles. The largest absolute Gasteiger partial charge is 0.467 e. The van der Waals surface area contributed by atoms with Crippen LogP contribution in [0.15, 0.2) is 30.3 Å². The van der Waals surface area contributed by atoms with Crippen molar-refractivity contribution >= 4 is 23.9 Å². The van der Waals surface area contributed by atoms with Gasteiger partial charge in [0.05, 0.1) is 7.11 Å². The maximum Gasteiger partial charge on any atom is 0.413 e. The molecule has 1 aliphatic rings. The van der Waals surface area contributed by atoms with E-state index < -0.39 is 47.2 Å². The van der Waals surface area contributed by atoms with E-state index in [1.54, 1.807) is 27.7 Å². The van der Waals surface area contributed by atoms with Gasteiger partial charge in [-0.2, -0.15) is 0 Å². The lowest BCUT2D eigenvalue weighted by Crippen LogP contribution is -2.53. The highest BCUT2D eigenvalue weighted by Crippen LogP contribution is 2.43. The molecule has 31 heavy (non-hydrogen) atoms. The van der Waals surface area contributed by atoms with E-state index in [4.69, 9.17) is 14.2 Å². The molecule has 1 fully saturated rings. The number of hydrogen-bond donors (Lipinski definition) is 1. The average Bonchev–Trinajstić information content (AvgIpc) is 2.98. The second kappa shape index (κ2) is 9.36. The van der Waals surface area contributed by atoms with E-state index in [2.05, 4.69) is 5.32 Å². The molecule has 1 aromatic carbocycles. The topological polar surface area (TPSA) is 111 Å². The van der Waals surface area contributed by atoms with Crippen LogP contribution in [-0.4, -0.2) is 53.8 Å². The summed E-state index contributed by atoms with van der Waals surface area (Å²) in [7, 11) is 1.18. The van der Waals surface area contributed by atoms with Crippen LogP contribution >= 0.6 is 0 Å². The molecule has 0 saturated carbocycles. The Balaban J connectivity index is 2.38. The Morgan fingerprint density at radius 2 is 1.77 bits per heavy atom. The van der Waals surface area contributed by atoms with Crippen molar-refractivity contribution in [1.82, 2.24) is 10.2 Å². The number of esters is 2. The molecule has 1 aromatic rings. The van der Waals surface area contributed by atoms with Crippen LogP contribution in [0.25, 0.3) is 0 Å². The number of carbonyl (C=O) groups is 4. The van der Waals surface area contributed by atoms with Crippen molar-refractivity contribution in [3.05, 3.63) is 35.9 Å². The molecule has 9 nitrogen and oxygen atoms in total. The Bertz CT molecular complexity index is 834. The van der Waals surface area contributed by atoms with Crippen molar-refractivity contribution in [2.75, 3.05) is 7.11 Å². The van der Waals surface area contributed by atoms with Gasteiger partial charge in [0.2, 0.25) is 5.91 Å². The molecule has 9 heteroatoms. The van der Waals surface area contributed by atoms with Gasteiger partial charge >= 0.3 is 18.0 Å². The highest BCUT2D eigenvalue weighted by atomic mass is 16.6. The summed E-state index contributed by atoms with van der Waals surface area (Å²) in [5, 5.41) is 2.81. The number of ether oxygens (including phenoxy) is 3. The Hall–Kier alpha value is -3.10. The van der Waals surface area contributed by atoms with Gasteiger partial charge in [-0.1, -0.05) is 30.3 Å². The molecule has 2 amide bonds. The van der Waals surface area contributed by atoms with E-state index >= 15 is 0 Å². The molecule has 0 bridgehead atoms. The SMILES string of the molecule is COC(=O)[C@@H]1C[C@@](C)(C(=O)NCc2ccccc2)C(OC(C)=O)N1C(=O)OC(C)(C)C. The van der Waals surface area contributed by atoms with Crippen molar-refractivity contribution in [2.45, 2.75) is 65.5 Å². The smallest absolute Gasteiger partial charge is 0.413 e. The van der Waals surface area contributed by atoms with E-state index in [-0.39, 0.29) is 13.0 Å². The number of likely N-dealkylation sites (tertiary alicyclic amines) is 1. The lowest BCUT2D eigenvalue weighted by Gasteiger charge is -2.34. The number of amides is 2. The van der Waals surface area contributed by atoms with Crippen molar-refractivity contribution in [2.24, 2.45) is 5.41 Å². The van der Waals surface area contributed by atoms with E-state index in [9.17, 15) is 19.2 Å². The standard InChI is InChI=1S/C22H30N2O7/c1-14(25)30-19-22(5,18(27)23-13-15-10-8-7-9-11-15)12-16(17(26)29-6)24(19)20(28)31-21(2,3)4/h7-11,16,19H,12-13H2,1-6H3,(H,23,27)/t16-,19?,22-/m0/s1. The molecule has 0 aromatic heterocycles. The van der Waals surface area contributed by atoms with Crippen molar-refractivity contribution < 1.29 is 33.4 Å². The van der Waals surface area contributed by atoms with Crippen molar-refractivity contribution in [1.29, 1.82) is 0 Å². The zero-order valence-electron chi connectivity index (χ0n) is 18.8. The third-order valence-electron chi connectivity index (χ3n) is 4.92. The summed E-state index contributed by atoms with van der Waals surface area (Å²) < 4.78 is 15.6. The van der Waals surface area contributed by atoms with Crippen molar-refractivity contribution in [3.8, 4) is 0 Å². The summed E-state index contributed by atoms with van der Waals surface area (Å²) in [5.74, 6) is -1.91. The lowest BCUT2D eigenvalue weighted by molar-refractivity contribution is -0.168. The van der Waals surface area contributed by atoms with E-state index in [1.807, 2.05) is 30.3 Å². The summed E-state index contributed by atoms with van der Waals surface area (Å²) >= 11 is 0. The molecule has 0 spiro atoms. The number of methoxy groups -OCH3 is 1. The van der Waals surface area contributed by atoms with E-state index in [1.165, 1.54) is 14.0 Å². The molecule has 1 aliphatic heterocycles. The first-order chi connectivity index (χ1) is 14.4. The molecule has 170 valence electrons. The molecule has 1 N–H and O–H groups in total. The van der Waals surface area contributed by atoms with Gasteiger partial charge in [-0.05, 0) is 39.7 Å². The minimum atomic E-state index is -1.41. The Labute approximate surface area is 182 Å². The average molecular weight is 434 g/mol. The fourth-order valence-electron chi connectivity index (χ4n) is 3.47. The van der Waals surface area contributed by atoms with Gasteiger partial charge in [0, 0.05) is 13.5 Å². The highest BCUT2D eigenvalue weighted by molar-refractivity contribution is 5.89.